The van der Waals surface area contributed by atoms with Crippen LogP contribution in [0, 0.1) is 0 Å². The van der Waals surface area contributed by atoms with Crippen molar-refractivity contribution in [1.29, 1.82) is 0 Å². The summed E-state index contributed by atoms with van der Waals surface area (Å²) in [6, 6.07) is 11.4. The van der Waals surface area contributed by atoms with E-state index in [1.54, 1.807) is 12.1 Å². The van der Waals surface area contributed by atoms with Crippen LogP contribution in [0.5, 0.6) is 5.75 Å². The number of hydrogen-bond acceptors (Lipinski definition) is 2. The normalized spacial score (nSPS) is 17.6. The SMILES string of the molecule is O=CC1(c2ccc3cc(O)ccc3c2)CCC1. The summed E-state index contributed by atoms with van der Waals surface area (Å²) in [5, 5.41) is 11.5. The van der Waals surface area contributed by atoms with Gasteiger partial charge in [-0.3, -0.25) is 0 Å². The second kappa shape index (κ2) is 3.59. The molecular weight excluding hydrogens is 212 g/mol. The maximum atomic E-state index is 11.3. The Balaban J connectivity index is 2.13. The van der Waals surface area contributed by atoms with E-state index in [1.165, 1.54) is 0 Å². The number of hydrogen-bond donors (Lipinski definition) is 1. The molecule has 1 aliphatic rings. The van der Waals surface area contributed by atoms with Gasteiger partial charge in [0.1, 0.15) is 12.0 Å². The van der Waals surface area contributed by atoms with E-state index in [9.17, 15) is 9.90 Å². The van der Waals surface area contributed by atoms with Crippen molar-refractivity contribution in [3.05, 3.63) is 42.0 Å². The molecule has 1 aliphatic carbocycles. The summed E-state index contributed by atoms with van der Waals surface area (Å²) in [6.07, 6.45) is 4.14. The van der Waals surface area contributed by atoms with Gasteiger partial charge in [0.15, 0.2) is 0 Å². The minimum atomic E-state index is -0.244. The molecule has 2 aromatic carbocycles. The van der Waals surface area contributed by atoms with Gasteiger partial charge in [0, 0.05) is 0 Å². The molecule has 1 fully saturated rings. The number of phenols is 1. The maximum Gasteiger partial charge on any atom is 0.130 e. The standard InChI is InChI=1S/C15H14O2/c16-10-15(6-1-7-15)13-4-2-12-9-14(17)5-3-11(12)8-13/h2-5,8-10,17H,1,6-7H2. The molecule has 0 aliphatic heterocycles. The Morgan fingerprint density at radius 3 is 2.41 bits per heavy atom. The lowest BCUT2D eigenvalue weighted by atomic mass is 9.65. The molecule has 0 bridgehead atoms. The maximum absolute atomic E-state index is 11.3. The van der Waals surface area contributed by atoms with Crippen LogP contribution in [0.1, 0.15) is 24.8 Å². The first-order valence-corrected chi connectivity index (χ1v) is 5.93. The molecule has 1 saturated carbocycles. The van der Waals surface area contributed by atoms with Gasteiger partial charge in [-0.1, -0.05) is 30.7 Å². The van der Waals surface area contributed by atoms with Crippen LogP contribution in [0.25, 0.3) is 10.8 Å². The van der Waals surface area contributed by atoms with Crippen molar-refractivity contribution in [3.63, 3.8) is 0 Å². The van der Waals surface area contributed by atoms with Crippen molar-refractivity contribution in [2.24, 2.45) is 0 Å². The van der Waals surface area contributed by atoms with E-state index in [4.69, 9.17) is 0 Å². The third kappa shape index (κ3) is 1.52. The predicted molar refractivity (Wildman–Crippen MR) is 67.2 cm³/mol. The number of aromatic hydroxyl groups is 1. The Morgan fingerprint density at radius 2 is 1.76 bits per heavy atom. The number of rotatable bonds is 2. The summed E-state index contributed by atoms with van der Waals surface area (Å²) >= 11 is 0. The largest absolute Gasteiger partial charge is 0.508 e. The molecule has 86 valence electrons. The average Bonchev–Trinajstić information content (AvgIpc) is 2.28. The van der Waals surface area contributed by atoms with Crippen molar-refractivity contribution >= 4 is 17.1 Å². The van der Waals surface area contributed by atoms with E-state index in [0.29, 0.717) is 0 Å². The highest BCUT2D eigenvalue weighted by Crippen LogP contribution is 2.42. The van der Waals surface area contributed by atoms with Crippen LogP contribution in [0.3, 0.4) is 0 Å². The van der Waals surface area contributed by atoms with Gasteiger partial charge in [0.2, 0.25) is 0 Å². The summed E-state index contributed by atoms with van der Waals surface area (Å²) in [6.45, 7) is 0. The topological polar surface area (TPSA) is 37.3 Å². The van der Waals surface area contributed by atoms with Gasteiger partial charge in [0.05, 0.1) is 5.41 Å². The number of phenolic OH excluding ortho intramolecular Hbond substituents is 1. The number of carbonyl (C=O) groups excluding carboxylic acids is 1. The summed E-state index contributed by atoms with van der Waals surface area (Å²) in [4.78, 5) is 11.3. The molecule has 0 saturated heterocycles. The Labute approximate surface area is 99.9 Å². The van der Waals surface area contributed by atoms with Crippen molar-refractivity contribution < 1.29 is 9.90 Å². The quantitative estimate of drug-likeness (QED) is 0.798. The monoisotopic (exact) mass is 226 g/mol. The zero-order valence-corrected chi connectivity index (χ0v) is 9.52. The lowest BCUT2D eigenvalue weighted by Crippen LogP contribution is -2.35. The Kier molecular flexibility index (Phi) is 2.18. The van der Waals surface area contributed by atoms with Crippen LogP contribution in [0.4, 0.5) is 0 Å². The number of benzene rings is 2. The zero-order valence-electron chi connectivity index (χ0n) is 9.52. The van der Waals surface area contributed by atoms with Gasteiger partial charge >= 0.3 is 0 Å². The molecule has 0 amide bonds. The Morgan fingerprint density at radius 1 is 1.06 bits per heavy atom. The Bertz CT molecular complexity index is 582. The third-order valence-corrected chi connectivity index (χ3v) is 3.87. The highest BCUT2D eigenvalue weighted by molar-refractivity contribution is 5.86. The Hall–Kier alpha value is -1.83. The molecule has 17 heavy (non-hydrogen) atoms. The molecule has 0 heterocycles. The number of carbonyl (C=O) groups is 1. The van der Waals surface area contributed by atoms with Crippen LogP contribution in [-0.4, -0.2) is 11.4 Å². The van der Waals surface area contributed by atoms with Gasteiger partial charge in [-0.15, -0.1) is 0 Å². The number of fused-ring (bicyclic) bond motifs is 1. The molecule has 0 aromatic heterocycles. The second-order valence-electron chi connectivity index (χ2n) is 4.87. The molecular formula is C15H14O2. The van der Waals surface area contributed by atoms with Gasteiger partial charge < -0.3 is 9.90 Å². The molecule has 1 N–H and O–H groups in total. The zero-order chi connectivity index (χ0) is 11.9. The van der Waals surface area contributed by atoms with Crippen molar-refractivity contribution in [2.75, 3.05) is 0 Å². The van der Waals surface area contributed by atoms with E-state index in [1.807, 2.05) is 18.2 Å². The highest BCUT2D eigenvalue weighted by atomic mass is 16.3. The fourth-order valence-electron chi connectivity index (χ4n) is 2.58. The first-order valence-electron chi connectivity index (χ1n) is 5.93. The minimum Gasteiger partial charge on any atom is -0.508 e. The molecule has 2 aromatic rings. The van der Waals surface area contributed by atoms with E-state index < -0.39 is 0 Å². The van der Waals surface area contributed by atoms with Crippen LogP contribution in [0.15, 0.2) is 36.4 Å². The van der Waals surface area contributed by atoms with Crippen LogP contribution in [0.2, 0.25) is 0 Å². The molecule has 0 unspecified atom stereocenters. The van der Waals surface area contributed by atoms with Crippen LogP contribution >= 0.6 is 0 Å². The molecule has 0 spiro atoms. The van der Waals surface area contributed by atoms with E-state index in [-0.39, 0.29) is 11.2 Å². The summed E-state index contributed by atoms with van der Waals surface area (Å²) < 4.78 is 0. The minimum absolute atomic E-state index is 0.244. The van der Waals surface area contributed by atoms with Crippen molar-refractivity contribution in [3.8, 4) is 5.75 Å². The van der Waals surface area contributed by atoms with E-state index in [0.717, 1.165) is 41.9 Å². The first kappa shape index (κ1) is 10.3. The van der Waals surface area contributed by atoms with Crippen molar-refractivity contribution in [1.82, 2.24) is 0 Å². The summed E-state index contributed by atoms with van der Waals surface area (Å²) in [5.41, 5.74) is 0.864. The molecule has 2 nitrogen and oxygen atoms in total. The van der Waals surface area contributed by atoms with Crippen LogP contribution in [-0.2, 0) is 10.2 Å². The lowest BCUT2D eigenvalue weighted by molar-refractivity contribution is -0.115. The fraction of sp³-hybridized carbons (Fsp3) is 0.267. The second-order valence-corrected chi connectivity index (χ2v) is 4.87. The highest BCUT2D eigenvalue weighted by Gasteiger charge is 2.38. The average molecular weight is 226 g/mol. The van der Waals surface area contributed by atoms with Gasteiger partial charge in [-0.25, -0.2) is 0 Å². The first-order chi connectivity index (χ1) is 8.23. The van der Waals surface area contributed by atoms with Gasteiger partial charge in [-0.05, 0) is 41.3 Å². The molecule has 2 heteroatoms. The molecule has 3 rings (SSSR count). The van der Waals surface area contributed by atoms with E-state index >= 15 is 0 Å². The van der Waals surface area contributed by atoms with Crippen LogP contribution < -0.4 is 0 Å². The number of aldehydes is 1. The molecule has 0 radical (unpaired) electrons. The van der Waals surface area contributed by atoms with Crippen molar-refractivity contribution in [2.45, 2.75) is 24.7 Å². The van der Waals surface area contributed by atoms with Gasteiger partial charge in [-0.2, -0.15) is 0 Å². The summed E-state index contributed by atoms with van der Waals surface area (Å²) in [7, 11) is 0. The lowest BCUT2D eigenvalue weighted by Gasteiger charge is -2.37. The predicted octanol–water partition coefficient (Wildman–Crippen LogP) is 3.17. The smallest absolute Gasteiger partial charge is 0.130 e. The fourth-order valence-corrected chi connectivity index (χ4v) is 2.58. The third-order valence-electron chi connectivity index (χ3n) is 3.87. The van der Waals surface area contributed by atoms with E-state index in [2.05, 4.69) is 6.07 Å². The molecule has 0 atom stereocenters. The van der Waals surface area contributed by atoms with Gasteiger partial charge in [0.25, 0.3) is 0 Å². The summed E-state index contributed by atoms with van der Waals surface area (Å²) in [5.74, 6) is 0.277.